The van der Waals surface area contributed by atoms with Gasteiger partial charge in [0.2, 0.25) is 0 Å². The van der Waals surface area contributed by atoms with E-state index in [9.17, 15) is 0 Å². The van der Waals surface area contributed by atoms with Gasteiger partial charge >= 0.3 is 0 Å². The van der Waals surface area contributed by atoms with E-state index < -0.39 is 0 Å². The van der Waals surface area contributed by atoms with E-state index in [-0.39, 0.29) is 0 Å². The van der Waals surface area contributed by atoms with Gasteiger partial charge in [0.1, 0.15) is 22.9 Å². The molecule has 6 heteroatoms. The van der Waals surface area contributed by atoms with Crippen molar-refractivity contribution in [1.82, 2.24) is 19.4 Å². The lowest BCUT2D eigenvalue weighted by Gasteiger charge is -2.35. The predicted molar refractivity (Wildman–Crippen MR) is 99.0 cm³/mol. The standard InChI is InChI=1S/C19H23N5O/c1-22-9-8-20-18(22)14-23-10-12-24(13-11-23)17-7-6-15-4-3-5-16(25-2)19(15)21-17/h3-9H,10-14H2,1-2H3. The molecule has 4 rings (SSSR count). The van der Waals surface area contributed by atoms with Gasteiger partial charge in [-0.15, -0.1) is 0 Å². The third kappa shape index (κ3) is 3.17. The molecule has 25 heavy (non-hydrogen) atoms. The lowest BCUT2D eigenvalue weighted by molar-refractivity contribution is 0.241. The highest BCUT2D eigenvalue weighted by Gasteiger charge is 2.19. The Morgan fingerprint density at radius 3 is 2.64 bits per heavy atom. The van der Waals surface area contributed by atoms with Crippen LogP contribution in [0.15, 0.2) is 42.7 Å². The topological polar surface area (TPSA) is 46.4 Å². The van der Waals surface area contributed by atoms with Gasteiger partial charge in [-0.2, -0.15) is 0 Å². The molecule has 1 aliphatic rings. The van der Waals surface area contributed by atoms with Crippen molar-refractivity contribution in [1.29, 1.82) is 0 Å². The fourth-order valence-corrected chi connectivity index (χ4v) is 3.33. The van der Waals surface area contributed by atoms with Crippen molar-refractivity contribution >= 4 is 16.7 Å². The Kier molecular flexibility index (Phi) is 4.28. The number of fused-ring (bicyclic) bond motifs is 1. The van der Waals surface area contributed by atoms with Crippen molar-refractivity contribution in [2.45, 2.75) is 6.54 Å². The first-order valence-corrected chi connectivity index (χ1v) is 8.62. The number of nitrogens with zero attached hydrogens (tertiary/aromatic N) is 5. The molecule has 1 aromatic carbocycles. The lowest BCUT2D eigenvalue weighted by Crippen LogP contribution is -2.46. The van der Waals surface area contributed by atoms with E-state index in [0.29, 0.717) is 0 Å². The summed E-state index contributed by atoms with van der Waals surface area (Å²) in [6, 6.07) is 10.3. The highest BCUT2D eigenvalue weighted by molar-refractivity contribution is 5.85. The number of aryl methyl sites for hydroxylation is 1. The van der Waals surface area contributed by atoms with Crippen LogP contribution in [0.5, 0.6) is 5.75 Å². The van der Waals surface area contributed by atoms with E-state index >= 15 is 0 Å². The minimum Gasteiger partial charge on any atom is -0.494 e. The fraction of sp³-hybridized carbons (Fsp3) is 0.368. The normalized spacial score (nSPS) is 15.7. The van der Waals surface area contributed by atoms with Crippen molar-refractivity contribution in [3.8, 4) is 5.75 Å². The van der Waals surface area contributed by atoms with Gasteiger partial charge in [0, 0.05) is 51.0 Å². The Labute approximate surface area is 147 Å². The summed E-state index contributed by atoms with van der Waals surface area (Å²) >= 11 is 0. The molecule has 3 heterocycles. The number of imidazole rings is 1. The molecule has 0 N–H and O–H groups in total. The van der Waals surface area contributed by atoms with Crippen molar-refractivity contribution in [3.63, 3.8) is 0 Å². The van der Waals surface area contributed by atoms with Gasteiger partial charge in [-0.3, -0.25) is 4.90 Å². The van der Waals surface area contributed by atoms with Gasteiger partial charge in [-0.1, -0.05) is 12.1 Å². The summed E-state index contributed by atoms with van der Waals surface area (Å²) in [5.74, 6) is 2.96. The third-order valence-electron chi connectivity index (χ3n) is 4.87. The number of aromatic nitrogens is 3. The molecule has 1 saturated heterocycles. The average molecular weight is 337 g/mol. The molecule has 130 valence electrons. The second kappa shape index (κ2) is 6.72. The van der Waals surface area contributed by atoms with Gasteiger partial charge < -0.3 is 14.2 Å². The van der Waals surface area contributed by atoms with Crippen molar-refractivity contribution in [2.75, 3.05) is 38.2 Å². The number of pyridine rings is 1. The zero-order chi connectivity index (χ0) is 17.2. The molecule has 0 spiro atoms. The van der Waals surface area contributed by atoms with Crippen LogP contribution in [0.1, 0.15) is 5.82 Å². The Hall–Kier alpha value is -2.60. The van der Waals surface area contributed by atoms with Crippen LogP contribution in [0.25, 0.3) is 10.9 Å². The number of piperazine rings is 1. The van der Waals surface area contributed by atoms with Gasteiger partial charge in [-0.05, 0) is 18.2 Å². The van der Waals surface area contributed by atoms with Crippen LogP contribution in [0, 0.1) is 0 Å². The molecule has 0 amide bonds. The Morgan fingerprint density at radius 1 is 1.08 bits per heavy atom. The van der Waals surface area contributed by atoms with Crippen LogP contribution in [0.2, 0.25) is 0 Å². The van der Waals surface area contributed by atoms with Crippen LogP contribution in [-0.2, 0) is 13.6 Å². The van der Waals surface area contributed by atoms with Crippen LogP contribution >= 0.6 is 0 Å². The van der Waals surface area contributed by atoms with Gasteiger partial charge in [0.05, 0.1) is 13.7 Å². The first kappa shape index (κ1) is 15.9. The molecule has 0 atom stereocenters. The quantitative estimate of drug-likeness (QED) is 0.731. The van der Waals surface area contributed by atoms with E-state index in [2.05, 4.69) is 37.5 Å². The van der Waals surface area contributed by atoms with E-state index in [1.54, 1.807) is 7.11 Å². The van der Waals surface area contributed by atoms with E-state index in [0.717, 1.165) is 61.0 Å². The summed E-state index contributed by atoms with van der Waals surface area (Å²) in [5.41, 5.74) is 0.929. The number of anilines is 1. The molecule has 1 aliphatic heterocycles. The first-order chi connectivity index (χ1) is 12.2. The third-order valence-corrected chi connectivity index (χ3v) is 4.87. The fourth-order valence-electron chi connectivity index (χ4n) is 3.33. The Morgan fingerprint density at radius 2 is 1.92 bits per heavy atom. The van der Waals surface area contributed by atoms with Crippen LogP contribution < -0.4 is 9.64 Å². The second-order valence-electron chi connectivity index (χ2n) is 6.42. The van der Waals surface area contributed by atoms with Crippen molar-refractivity contribution in [2.24, 2.45) is 7.05 Å². The molecule has 1 fully saturated rings. The summed E-state index contributed by atoms with van der Waals surface area (Å²) in [5, 5.41) is 1.11. The molecule has 0 radical (unpaired) electrons. The van der Waals surface area contributed by atoms with E-state index in [1.165, 1.54) is 0 Å². The highest BCUT2D eigenvalue weighted by Crippen LogP contribution is 2.26. The number of hydrogen-bond donors (Lipinski definition) is 0. The van der Waals surface area contributed by atoms with Crippen LogP contribution in [0.3, 0.4) is 0 Å². The molecule has 0 saturated carbocycles. The summed E-state index contributed by atoms with van der Waals surface area (Å²) in [7, 11) is 3.74. The molecule has 0 aliphatic carbocycles. The number of benzene rings is 1. The van der Waals surface area contributed by atoms with Gasteiger partial charge in [0.25, 0.3) is 0 Å². The van der Waals surface area contributed by atoms with Crippen molar-refractivity contribution < 1.29 is 4.74 Å². The second-order valence-corrected chi connectivity index (χ2v) is 6.42. The number of ether oxygens (including phenoxy) is 1. The number of methoxy groups -OCH3 is 1. The molecular formula is C19H23N5O. The zero-order valence-electron chi connectivity index (χ0n) is 14.7. The van der Waals surface area contributed by atoms with Gasteiger partial charge in [0.15, 0.2) is 0 Å². The summed E-state index contributed by atoms with van der Waals surface area (Å²) in [6.45, 7) is 4.86. The maximum Gasteiger partial charge on any atom is 0.145 e. The van der Waals surface area contributed by atoms with E-state index in [4.69, 9.17) is 9.72 Å². The summed E-state index contributed by atoms with van der Waals surface area (Å²) in [4.78, 5) is 14.1. The Balaban J connectivity index is 1.47. The van der Waals surface area contributed by atoms with E-state index in [1.807, 2.05) is 31.6 Å². The maximum absolute atomic E-state index is 5.46. The number of hydrogen-bond acceptors (Lipinski definition) is 5. The smallest absolute Gasteiger partial charge is 0.145 e. The predicted octanol–water partition coefficient (Wildman–Crippen LogP) is 2.30. The van der Waals surface area contributed by atoms with Crippen molar-refractivity contribution in [3.05, 3.63) is 48.5 Å². The summed E-state index contributed by atoms with van der Waals surface area (Å²) < 4.78 is 7.55. The molecule has 3 aromatic rings. The van der Waals surface area contributed by atoms with Crippen LogP contribution in [0.4, 0.5) is 5.82 Å². The maximum atomic E-state index is 5.46. The minimum atomic E-state index is 0.827. The zero-order valence-corrected chi connectivity index (χ0v) is 14.7. The lowest BCUT2D eigenvalue weighted by atomic mass is 10.2. The molecule has 6 nitrogen and oxygen atoms in total. The highest BCUT2D eigenvalue weighted by atomic mass is 16.5. The summed E-state index contributed by atoms with van der Waals surface area (Å²) in [6.07, 6.45) is 3.86. The monoisotopic (exact) mass is 337 g/mol. The number of rotatable bonds is 4. The Bertz CT molecular complexity index is 867. The SMILES string of the molecule is COc1cccc2ccc(N3CCN(Cc4nccn4C)CC3)nc12. The van der Waals surface area contributed by atoms with Crippen LogP contribution in [-0.4, -0.2) is 52.7 Å². The molecule has 0 bridgehead atoms. The largest absolute Gasteiger partial charge is 0.494 e. The minimum absolute atomic E-state index is 0.827. The first-order valence-electron chi connectivity index (χ1n) is 8.62. The van der Waals surface area contributed by atoms with Gasteiger partial charge in [-0.25, -0.2) is 9.97 Å². The average Bonchev–Trinajstić information content (AvgIpc) is 3.06. The molecule has 0 unspecified atom stereocenters. The molecular weight excluding hydrogens is 314 g/mol. The number of para-hydroxylation sites is 1. The molecule has 2 aromatic heterocycles.